The Kier molecular flexibility index (Phi) is 5.64. The summed E-state index contributed by atoms with van der Waals surface area (Å²) in [5.74, 6) is 0.190. The van der Waals surface area contributed by atoms with E-state index < -0.39 is 10.5 Å². The molecular weight excluding hydrogens is 332 g/mol. The lowest BCUT2D eigenvalue weighted by molar-refractivity contribution is -0.385. The molecule has 1 atom stereocenters. The molecule has 0 radical (unpaired) electrons. The maximum absolute atomic E-state index is 11.0. The third kappa shape index (κ3) is 4.37. The van der Waals surface area contributed by atoms with Crippen LogP contribution in [-0.2, 0) is 5.60 Å². The highest BCUT2D eigenvalue weighted by Gasteiger charge is 2.23. The van der Waals surface area contributed by atoms with Crippen LogP contribution in [-0.4, -0.2) is 23.2 Å². The molecule has 0 aliphatic carbocycles. The van der Waals surface area contributed by atoms with Crippen LogP contribution in [0.25, 0.3) is 0 Å². The molecule has 24 heavy (non-hydrogen) atoms. The van der Waals surface area contributed by atoms with E-state index >= 15 is 0 Å². The number of nitro benzene ring substituents is 1. The van der Waals surface area contributed by atoms with Crippen LogP contribution in [0.3, 0.4) is 0 Å². The van der Waals surface area contributed by atoms with Gasteiger partial charge in [-0.2, -0.15) is 0 Å². The highest BCUT2D eigenvalue weighted by molar-refractivity contribution is 6.30. The maximum atomic E-state index is 11.0. The fourth-order valence-corrected chi connectivity index (χ4v) is 2.44. The third-order valence-electron chi connectivity index (χ3n) is 3.54. The first-order valence-electron chi connectivity index (χ1n) is 7.47. The molecule has 0 bridgehead atoms. The van der Waals surface area contributed by atoms with Crippen molar-refractivity contribution in [1.82, 2.24) is 0 Å². The molecule has 6 nitrogen and oxygen atoms in total. The summed E-state index contributed by atoms with van der Waals surface area (Å²) < 4.78 is 5.31. The lowest BCUT2D eigenvalue weighted by Gasteiger charge is -2.25. The molecule has 1 unspecified atom stereocenters. The molecule has 7 heteroatoms. The Morgan fingerprint density at radius 2 is 2.08 bits per heavy atom. The molecule has 0 heterocycles. The number of nitrogens with one attached hydrogen (secondary N) is 1. The van der Waals surface area contributed by atoms with Crippen LogP contribution >= 0.6 is 11.6 Å². The smallest absolute Gasteiger partial charge is 0.311 e. The van der Waals surface area contributed by atoms with Gasteiger partial charge in [0.2, 0.25) is 0 Å². The Labute approximate surface area is 145 Å². The summed E-state index contributed by atoms with van der Waals surface area (Å²) in [6.45, 7) is 3.95. The van der Waals surface area contributed by atoms with Gasteiger partial charge in [-0.3, -0.25) is 10.1 Å². The van der Waals surface area contributed by atoms with Gasteiger partial charge in [-0.05, 0) is 37.6 Å². The second-order valence-corrected chi connectivity index (χ2v) is 5.95. The first-order chi connectivity index (χ1) is 11.3. The molecule has 2 rings (SSSR count). The van der Waals surface area contributed by atoms with Gasteiger partial charge < -0.3 is 15.2 Å². The highest BCUT2D eigenvalue weighted by atomic mass is 35.5. The number of anilines is 1. The molecule has 0 aliphatic heterocycles. The van der Waals surface area contributed by atoms with Crippen LogP contribution in [0, 0.1) is 10.1 Å². The number of halogens is 1. The van der Waals surface area contributed by atoms with Gasteiger partial charge in [0, 0.05) is 29.4 Å². The predicted octanol–water partition coefficient (Wildman–Crippen LogP) is 3.97. The van der Waals surface area contributed by atoms with Crippen LogP contribution in [0.5, 0.6) is 5.75 Å². The number of aliphatic hydroxyl groups is 1. The van der Waals surface area contributed by atoms with Crippen molar-refractivity contribution in [2.45, 2.75) is 19.4 Å². The first-order valence-corrected chi connectivity index (χ1v) is 7.85. The van der Waals surface area contributed by atoms with Crippen molar-refractivity contribution in [2.24, 2.45) is 0 Å². The first kappa shape index (κ1) is 18.0. The van der Waals surface area contributed by atoms with E-state index in [2.05, 4.69) is 5.32 Å². The summed E-state index contributed by atoms with van der Waals surface area (Å²) in [4.78, 5) is 10.5. The van der Waals surface area contributed by atoms with Crippen molar-refractivity contribution in [3.8, 4) is 5.75 Å². The molecule has 2 aromatic carbocycles. The number of hydrogen-bond donors (Lipinski definition) is 2. The van der Waals surface area contributed by atoms with Crippen molar-refractivity contribution in [2.75, 3.05) is 18.5 Å². The van der Waals surface area contributed by atoms with Gasteiger partial charge in [-0.25, -0.2) is 0 Å². The zero-order valence-corrected chi connectivity index (χ0v) is 14.2. The number of benzene rings is 2. The van der Waals surface area contributed by atoms with E-state index in [4.69, 9.17) is 16.3 Å². The minimum Gasteiger partial charge on any atom is -0.487 e. The average Bonchev–Trinajstić information content (AvgIpc) is 2.53. The summed E-state index contributed by atoms with van der Waals surface area (Å²) in [5.41, 5.74) is 0.0446. The summed E-state index contributed by atoms with van der Waals surface area (Å²) in [6.07, 6.45) is 0. The maximum Gasteiger partial charge on any atom is 0.311 e. The molecule has 0 amide bonds. The van der Waals surface area contributed by atoms with E-state index in [-0.39, 0.29) is 18.0 Å². The van der Waals surface area contributed by atoms with Crippen molar-refractivity contribution in [3.63, 3.8) is 0 Å². The molecule has 0 fully saturated rings. The van der Waals surface area contributed by atoms with Crippen molar-refractivity contribution in [1.29, 1.82) is 0 Å². The van der Waals surface area contributed by atoms with Crippen LogP contribution < -0.4 is 10.1 Å². The monoisotopic (exact) mass is 350 g/mol. The Balaban J connectivity index is 2.16. The number of hydrogen-bond acceptors (Lipinski definition) is 5. The number of rotatable bonds is 7. The molecule has 2 N–H and O–H groups in total. The van der Waals surface area contributed by atoms with E-state index in [1.54, 1.807) is 50.2 Å². The zero-order valence-electron chi connectivity index (χ0n) is 13.5. The topological polar surface area (TPSA) is 84.6 Å². The minimum atomic E-state index is -1.15. The molecule has 128 valence electrons. The van der Waals surface area contributed by atoms with Gasteiger partial charge in [0.1, 0.15) is 5.60 Å². The van der Waals surface area contributed by atoms with Crippen LogP contribution in [0.2, 0.25) is 5.02 Å². The van der Waals surface area contributed by atoms with Gasteiger partial charge in [-0.1, -0.05) is 23.7 Å². The average molecular weight is 351 g/mol. The normalized spacial score (nSPS) is 13.2. The largest absolute Gasteiger partial charge is 0.487 e. The van der Waals surface area contributed by atoms with Gasteiger partial charge in [-0.15, -0.1) is 0 Å². The summed E-state index contributed by atoms with van der Waals surface area (Å²) in [5, 5.41) is 25.2. The summed E-state index contributed by atoms with van der Waals surface area (Å²) in [7, 11) is 0. The summed E-state index contributed by atoms with van der Waals surface area (Å²) >= 11 is 5.96. The zero-order chi connectivity index (χ0) is 17.7. The van der Waals surface area contributed by atoms with Gasteiger partial charge in [0.05, 0.1) is 11.5 Å². The van der Waals surface area contributed by atoms with Crippen molar-refractivity contribution >= 4 is 23.0 Å². The molecule has 0 spiro atoms. The van der Waals surface area contributed by atoms with E-state index in [1.165, 1.54) is 6.07 Å². The lowest BCUT2D eigenvalue weighted by Crippen LogP contribution is -2.30. The number of nitro groups is 1. The fourth-order valence-electron chi connectivity index (χ4n) is 2.25. The summed E-state index contributed by atoms with van der Waals surface area (Å²) in [6, 6.07) is 11.5. The predicted molar refractivity (Wildman–Crippen MR) is 93.8 cm³/mol. The van der Waals surface area contributed by atoms with E-state index in [1.807, 2.05) is 0 Å². The third-order valence-corrected chi connectivity index (χ3v) is 3.77. The molecule has 0 aliphatic rings. The second kappa shape index (κ2) is 7.51. The quantitative estimate of drug-likeness (QED) is 0.583. The SMILES string of the molecule is CCOc1cc(NCC(C)(O)c2cccc(Cl)c2)ccc1[N+](=O)[O-]. The molecular formula is C17H19ClN2O4. The molecule has 0 saturated heterocycles. The van der Waals surface area contributed by atoms with Crippen LogP contribution in [0.1, 0.15) is 19.4 Å². The Hall–Kier alpha value is -2.31. The fraction of sp³-hybridized carbons (Fsp3) is 0.294. The van der Waals surface area contributed by atoms with E-state index in [9.17, 15) is 15.2 Å². The number of nitrogens with zero attached hydrogens (tertiary/aromatic N) is 1. The molecule has 0 aromatic heterocycles. The lowest BCUT2D eigenvalue weighted by atomic mass is 9.96. The van der Waals surface area contributed by atoms with Crippen molar-refractivity contribution in [3.05, 3.63) is 63.2 Å². The number of ether oxygens (including phenoxy) is 1. The molecule has 0 saturated carbocycles. The van der Waals surface area contributed by atoms with Crippen LogP contribution in [0.4, 0.5) is 11.4 Å². The van der Waals surface area contributed by atoms with Gasteiger partial charge in [0.15, 0.2) is 5.75 Å². The van der Waals surface area contributed by atoms with Gasteiger partial charge >= 0.3 is 5.69 Å². The van der Waals surface area contributed by atoms with E-state index in [0.717, 1.165) is 0 Å². The minimum absolute atomic E-state index is 0.0935. The van der Waals surface area contributed by atoms with Crippen LogP contribution in [0.15, 0.2) is 42.5 Å². The Morgan fingerprint density at radius 1 is 1.33 bits per heavy atom. The standard InChI is InChI=1S/C17H19ClN2O4/c1-3-24-16-10-14(7-8-15(16)20(22)23)19-11-17(2,21)12-5-4-6-13(18)9-12/h4-10,19,21H,3,11H2,1-2H3. The van der Waals surface area contributed by atoms with E-state index in [0.29, 0.717) is 22.9 Å². The Bertz CT molecular complexity index is 734. The van der Waals surface area contributed by atoms with Gasteiger partial charge in [0.25, 0.3) is 0 Å². The Morgan fingerprint density at radius 3 is 2.71 bits per heavy atom. The second-order valence-electron chi connectivity index (χ2n) is 5.51. The highest BCUT2D eigenvalue weighted by Crippen LogP contribution is 2.31. The van der Waals surface area contributed by atoms with Crippen molar-refractivity contribution < 1.29 is 14.8 Å². The molecule has 2 aromatic rings.